The molecule has 0 rings (SSSR count). The Hall–Kier alpha value is -1.26. The average Bonchev–Trinajstić information content (AvgIpc) is 1.80. The van der Waals surface area contributed by atoms with Gasteiger partial charge in [-0.15, -0.1) is 0 Å². The maximum atomic E-state index is 9.85. The molecule has 9 heteroatoms. The Kier molecular flexibility index (Phi) is 6.78. The van der Waals surface area contributed by atoms with E-state index in [0.29, 0.717) is 0 Å². The zero-order chi connectivity index (χ0) is 11.9. The van der Waals surface area contributed by atoms with Crippen molar-refractivity contribution in [3.8, 4) is 0 Å². The summed E-state index contributed by atoms with van der Waals surface area (Å²) in [5, 5.41) is 38.3. The number of rotatable bonds is 3. The van der Waals surface area contributed by atoms with Gasteiger partial charge in [-0.2, -0.15) is 0 Å². The van der Waals surface area contributed by atoms with Crippen LogP contribution in [0.1, 0.15) is 6.42 Å². The highest BCUT2D eigenvalue weighted by Gasteiger charge is 2.14. The van der Waals surface area contributed by atoms with E-state index in [2.05, 4.69) is 5.73 Å². The number of nitrogens with two attached hydrogens (primary N) is 2. The molecule has 0 aromatic carbocycles. The van der Waals surface area contributed by atoms with E-state index in [1.54, 1.807) is 0 Å². The highest BCUT2D eigenvalue weighted by molar-refractivity contribution is 5.80. The Labute approximate surface area is 78.2 Å². The average molecular weight is 212 g/mol. The molecule has 0 amide bonds. The highest BCUT2D eigenvalue weighted by Crippen LogP contribution is 1.86. The third-order valence-corrected chi connectivity index (χ3v) is 0.712. The summed E-state index contributed by atoms with van der Waals surface area (Å²) in [6, 6.07) is -1.29. The molecule has 0 fully saturated rings. The zero-order valence-electron chi connectivity index (χ0n) is 6.99. The lowest BCUT2D eigenvalue weighted by atomic mass is 10.2. The maximum Gasteiger partial charge on any atom is 0.340 e. The summed E-state index contributed by atoms with van der Waals surface area (Å²) in [6.07, 6.45) is -3.53. The second-order valence-corrected chi connectivity index (χ2v) is 2.23. The molecule has 84 valence electrons. The molecule has 0 bridgehead atoms. The smallest absolute Gasteiger partial charge is 0.340 e. The fourth-order valence-corrected chi connectivity index (χ4v) is 0.275. The van der Waals surface area contributed by atoms with Crippen LogP contribution in [-0.2, 0) is 9.59 Å². The van der Waals surface area contributed by atoms with Crippen LogP contribution in [0, 0.1) is 0 Å². The van der Waals surface area contributed by atoms with Crippen molar-refractivity contribution in [2.75, 3.05) is 0 Å². The van der Waals surface area contributed by atoms with Gasteiger partial charge in [-0.25, -0.2) is 0 Å². The summed E-state index contributed by atoms with van der Waals surface area (Å²) in [5.41, 5.74) is 8.86. The van der Waals surface area contributed by atoms with Crippen LogP contribution in [0.3, 0.4) is 0 Å². The zero-order valence-corrected chi connectivity index (χ0v) is 6.99. The predicted molar refractivity (Wildman–Crippen MR) is 41.4 cm³/mol. The molecule has 0 radical (unpaired) electrons. The molecule has 0 saturated heterocycles. The fraction of sp³-hybridized carbons (Fsp3) is 0.600. The molecule has 0 aromatic rings. The number of hydrogen-bond donors (Lipinski definition) is 7. The number of aliphatic hydroxyl groups is 3. The van der Waals surface area contributed by atoms with Crippen LogP contribution in [-0.4, -0.2) is 49.6 Å². The van der Waals surface area contributed by atoms with E-state index in [1.807, 2.05) is 0 Å². The summed E-state index contributed by atoms with van der Waals surface area (Å²) in [4.78, 5) is 19.6. The summed E-state index contributed by atoms with van der Waals surface area (Å²) in [5.74, 6) is -2.50. The SMILES string of the molecule is NC(CC(=O)O)C(=O)O.NC(O)(O)O. The number of hydrogen-bond acceptors (Lipinski definition) is 7. The van der Waals surface area contributed by atoms with Crippen molar-refractivity contribution in [3.05, 3.63) is 0 Å². The lowest BCUT2D eigenvalue weighted by Crippen LogP contribution is -2.38. The van der Waals surface area contributed by atoms with Crippen LogP contribution in [0.4, 0.5) is 0 Å². The molecule has 0 aliphatic carbocycles. The van der Waals surface area contributed by atoms with E-state index >= 15 is 0 Å². The monoisotopic (exact) mass is 212 g/mol. The van der Waals surface area contributed by atoms with Gasteiger partial charge in [-0.3, -0.25) is 15.3 Å². The Balaban J connectivity index is 0. The number of carboxylic acids is 2. The molecule has 0 spiro atoms. The van der Waals surface area contributed by atoms with Crippen molar-refractivity contribution in [3.63, 3.8) is 0 Å². The van der Waals surface area contributed by atoms with Crippen molar-refractivity contribution in [2.45, 2.75) is 18.6 Å². The van der Waals surface area contributed by atoms with Crippen molar-refractivity contribution in [1.29, 1.82) is 0 Å². The second kappa shape index (κ2) is 6.23. The van der Waals surface area contributed by atoms with Crippen LogP contribution in [0.15, 0.2) is 0 Å². The third-order valence-electron chi connectivity index (χ3n) is 0.712. The molecular weight excluding hydrogens is 200 g/mol. The molecule has 1 unspecified atom stereocenters. The molecule has 0 saturated carbocycles. The van der Waals surface area contributed by atoms with Crippen LogP contribution >= 0.6 is 0 Å². The van der Waals surface area contributed by atoms with E-state index in [0.717, 1.165) is 0 Å². The predicted octanol–water partition coefficient (Wildman–Crippen LogP) is -3.59. The normalized spacial score (nSPS) is 12.4. The van der Waals surface area contributed by atoms with Gasteiger partial charge in [0.05, 0.1) is 6.42 Å². The van der Waals surface area contributed by atoms with Crippen molar-refractivity contribution in [2.24, 2.45) is 11.5 Å². The van der Waals surface area contributed by atoms with Crippen LogP contribution < -0.4 is 11.5 Å². The van der Waals surface area contributed by atoms with Crippen molar-refractivity contribution in [1.82, 2.24) is 0 Å². The van der Waals surface area contributed by atoms with Crippen LogP contribution in [0.25, 0.3) is 0 Å². The van der Waals surface area contributed by atoms with Crippen molar-refractivity contribution >= 4 is 11.9 Å². The largest absolute Gasteiger partial charge is 0.481 e. The summed E-state index contributed by atoms with van der Waals surface area (Å²) in [6.45, 7) is 0. The van der Waals surface area contributed by atoms with Gasteiger partial charge in [-0.1, -0.05) is 0 Å². The van der Waals surface area contributed by atoms with Crippen molar-refractivity contribution < 1.29 is 35.1 Å². The summed E-state index contributed by atoms with van der Waals surface area (Å²) < 4.78 is 0. The Morgan fingerprint density at radius 3 is 1.57 bits per heavy atom. The van der Waals surface area contributed by atoms with E-state index in [1.165, 1.54) is 0 Å². The lowest BCUT2D eigenvalue weighted by molar-refractivity contribution is -0.306. The van der Waals surface area contributed by atoms with E-state index in [-0.39, 0.29) is 0 Å². The second-order valence-electron chi connectivity index (χ2n) is 2.23. The molecule has 9 N–H and O–H groups in total. The van der Waals surface area contributed by atoms with Gasteiger partial charge in [0, 0.05) is 0 Å². The van der Waals surface area contributed by atoms with Gasteiger partial charge in [0.2, 0.25) is 0 Å². The molecule has 9 nitrogen and oxygen atoms in total. The molecule has 14 heavy (non-hydrogen) atoms. The Morgan fingerprint density at radius 1 is 1.21 bits per heavy atom. The van der Waals surface area contributed by atoms with Crippen LogP contribution in [0.5, 0.6) is 0 Å². The molecule has 0 aliphatic rings. The van der Waals surface area contributed by atoms with Gasteiger partial charge in [0.1, 0.15) is 6.04 Å². The van der Waals surface area contributed by atoms with E-state index in [9.17, 15) is 9.59 Å². The highest BCUT2D eigenvalue weighted by atomic mass is 16.7. The standard InChI is InChI=1S/C4H7NO4.CH5NO3/c5-2(4(8)9)1-3(6)7;2-1(3,4)5/h2H,1,5H2,(H,6,7)(H,8,9);3-5H,2H2. The molecular formula is C5H12N2O7. The van der Waals surface area contributed by atoms with E-state index < -0.39 is 30.5 Å². The van der Waals surface area contributed by atoms with Crippen LogP contribution in [0.2, 0.25) is 0 Å². The molecule has 0 aromatic heterocycles. The molecule has 1 atom stereocenters. The maximum absolute atomic E-state index is 9.85. The summed E-state index contributed by atoms with van der Waals surface area (Å²) >= 11 is 0. The molecule has 0 heterocycles. The summed E-state index contributed by atoms with van der Waals surface area (Å²) in [7, 11) is 0. The molecule has 0 aliphatic heterocycles. The number of carbonyl (C=O) groups is 2. The van der Waals surface area contributed by atoms with Gasteiger partial charge < -0.3 is 31.3 Å². The van der Waals surface area contributed by atoms with Gasteiger partial charge in [0.25, 0.3) is 0 Å². The van der Waals surface area contributed by atoms with Gasteiger partial charge in [0.15, 0.2) is 0 Å². The Morgan fingerprint density at radius 2 is 1.50 bits per heavy atom. The van der Waals surface area contributed by atoms with Gasteiger partial charge >= 0.3 is 18.0 Å². The minimum absolute atomic E-state index is 0.532. The number of carboxylic acid groups (broad SMARTS) is 2. The first kappa shape index (κ1) is 15.2. The minimum atomic E-state index is -3.00. The minimum Gasteiger partial charge on any atom is -0.481 e. The quantitative estimate of drug-likeness (QED) is 0.232. The fourth-order valence-electron chi connectivity index (χ4n) is 0.275. The van der Waals surface area contributed by atoms with Gasteiger partial charge in [-0.05, 0) is 0 Å². The first-order chi connectivity index (χ1) is 6.04. The lowest BCUT2D eigenvalue weighted by Gasteiger charge is -2.01. The first-order valence-corrected chi connectivity index (χ1v) is 3.20. The third kappa shape index (κ3) is 22.4. The Bertz CT molecular complexity index is 193. The topological polar surface area (TPSA) is 187 Å². The number of aliphatic carboxylic acids is 2. The van der Waals surface area contributed by atoms with E-state index in [4.69, 9.17) is 31.3 Å². The first-order valence-electron chi connectivity index (χ1n) is 3.20.